The lowest BCUT2D eigenvalue weighted by Gasteiger charge is -2.12. The van der Waals surface area contributed by atoms with E-state index in [1.54, 1.807) is 12.4 Å². The third-order valence-corrected chi connectivity index (χ3v) is 3.61. The van der Waals surface area contributed by atoms with E-state index in [9.17, 15) is 4.79 Å². The molecule has 0 amide bonds. The van der Waals surface area contributed by atoms with Crippen LogP contribution in [0.15, 0.2) is 36.7 Å². The van der Waals surface area contributed by atoms with Gasteiger partial charge in [-0.3, -0.25) is 9.97 Å². The fourth-order valence-electron chi connectivity index (χ4n) is 2.14. The number of hydrogen-bond acceptors (Lipinski definition) is 4. The van der Waals surface area contributed by atoms with Crippen LogP contribution in [-0.2, 0) is 16.1 Å². The van der Waals surface area contributed by atoms with E-state index in [-0.39, 0.29) is 6.61 Å². The number of rotatable bonds is 5. The van der Waals surface area contributed by atoms with Crippen molar-refractivity contribution in [3.63, 3.8) is 0 Å². The Kier molecular flexibility index (Phi) is 3.43. The Morgan fingerprint density at radius 2 is 1.90 bits per heavy atom. The molecule has 2 heterocycles. The van der Waals surface area contributed by atoms with Crippen LogP contribution >= 0.6 is 0 Å². The van der Waals surface area contributed by atoms with Crippen molar-refractivity contribution in [2.75, 3.05) is 0 Å². The first-order valence-electron chi connectivity index (χ1n) is 6.84. The first kappa shape index (κ1) is 13.7. The van der Waals surface area contributed by atoms with Gasteiger partial charge in [-0.15, -0.1) is 0 Å². The zero-order valence-corrected chi connectivity index (χ0v) is 11.7. The molecule has 1 fully saturated rings. The Morgan fingerprint density at radius 3 is 2.52 bits per heavy atom. The summed E-state index contributed by atoms with van der Waals surface area (Å²) in [6.45, 7) is 2.27. The van der Waals surface area contributed by atoms with Gasteiger partial charge in [-0.05, 0) is 55.2 Å². The zero-order chi connectivity index (χ0) is 14.9. The third-order valence-electron chi connectivity index (χ3n) is 3.61. The van der Waals surface area contributed by atoms with Gasteiger partial charge in [0.1, 0.15) is 0 Å². The average Bonchev–Trinajstić information content (AvgIpc) is 3.27. The molecule has 0 aromatic carbocycles. The number of aromatic nitrogens is 2. The molecule has 2 aromatic rings. The maximum absolute atomic E-state index is 11.1. The molecule has 0 radical (unpaired) electrons. The Labute approximate surface area is 122 Å². The van der Waals surface area contributed by atoms with E-state index < -0.39 is 11.6 Å². The SMILES string of the molecule is Cc1ccnc(-c2cc(COC3(C(=O)O)CC3)ccn2)c1. The van der Waals surface area contributed by atoms with Crippen LogP contribution in [0.2, 0.25) is 0 Å². The van der Waals surface area contributed by atoms with E-state index >= 15 is 0 Å². The van der Waals surface area contributed by atoms with E-state index in [1.807, 2.05) is 31.2 Å². The van der Waals surface area contributed by atoms with Crippen molar-refractivity contribution in [1.82, 2.24) is 9.97 Å². The molecule has 0 atom stereocenters. The van der Waals surface area contributed by atoms with Gasteiger partial charge in [-0.1, -0.05) is 0 Å². The summed E-state index contributed by atoms with van der Waals surface area (Å²) in [4.78, 5) is 19.7. The van der Waals surface area contributed by atoms with Crippen molar-refractivity contribution in [2.24, 2.45) is 0 Å². The highest BCUT2D eigenvalue weighted by Crippen LogP contribution is 2.40. The smallest absolute Gasteiger partial charge is 0.335 e. The van der Waals surface area contributed by atoms with Crippen LogP contribution in [0.5, 0.6) is 0 Å². The van der Waals surface area contributed by atoms with Gasteiger partial charge in [-0.25, -0.2) is 4.79 Å². The molecule has 108 valence electrons. The number of pyridine rings is 2. The lowest BCUT2D eigenvalue weighted by atomic mass is 10.1. The fourth-order valence-corrected chi connectivity index (χ4v) is 2.14. The van der Waals surface area contributed by atoms with E-state index in [1.165, 1.54) is 0 Å². The molecule has 1 N–H and O–H groups in total. The summed E-state index contributed by atoms with van der Waals surface area (Å²) in [5.74, 6) is -0.878. The summed E-state index contributed by atoms with van der Waals surface area (Å²) in [5, 5.41) is 9.10. The molecule has 0 aliphatic heterocycles. The summed E-state index contributed by atoms with van der Waals surface area (Å²) in [7, 11) is 0. The highest BCUT2D eigenvalue weighted by Gasteiger charge is 2.51. The summed E-state index contributed by atoms with van der Waals surface area (Å²) in [6.07, 6.45) is 4.61. The van der Waals surface area contributed by atoms with Gasteiger partial charge in [-0.2, -0.15) is 0 Å². The maximum atomic E-state index is 11.1. The van der Waals surface area contributed by atoms with Crippen LogP contribution in [0, 0.1) is 6.92 Å². The van der Waals surface area contributed by atoms with Gasteiger partial charge >= 0.3 is 5.97 Å². The lowest BCUT2D eigenvalue weighted by Crippen LogP contribution is -2.25. The Morgan fingerprint density at radius 1 is 1.24 bits per heavy atom. The largest absolute Gasteiger partial charge is 0.479 e. The van der Waals surface area contributed by atoms with Gasteiger partial charge < -0.3 is 9.84 Å². The number of hydrogen-bond donors (Lipinski definition) is 1. The number of aryl methyl sites for hydroxylation is 1. The quantitative estimate of drug-likeness (QED) is 0.913. The van der Waals surface area contributed by atoms with Crippen LogP contribution in [0.1, 0.15) is 24.0 Å². The van der Waals surface area contributed by atoms with Gasteiger partial charge in [0.2, 0.25) is 0 Å². The molecule has 1 aliphatic rings. The maximum Gasteiger partial charge on any atom is 0.335 e. The van der Waals surface area contributed by atoms with Crippen molar-refractivity contribution in [2.45, 2.75) is 32.0 Å². The first-order valence-corrected chi connectivity index (χ1v) is 6.84. The number of aliphatic carboxylic acids is 1. The van der Waals surface area contributed by atoms with Crippen molar-refractivity contribution in [1.29, 1.82) is 0 Å². The number of ether oxygens (including phenoxy) is 1. The molecule has 0 unspecified atom stereocenters. The second-order valence-corrected chi connectivity index (χ2v) is 5.36. The van der Waals surface area contributed by atoms with E-state index in [4.69, 9.17) is 9.84 Å². The summed E-state index contributed by atoms with van der Waals surface area (Å²) in [6, 6.07) is 7.61. The Bertz CT molecular complexity index is 681. The molecule has 3 rings (SSSR count). The number of nitrogens with zero attached hydrogens (tertiary/aromatic N) is 2. The average molecular weight is 284 g/mol. The van der Waals surface area contributed by atoms with Crippen molar-refractivity contribution >= 4 is 5.97 Å². The van der Waals surface area contributed by atoms with E-state index in [0.717, 1.165) is 22.5 Å². The predicted octanol–water partition coefficient (Wildman–Crippen LogP) is 2.59. The van der Waals surface area contributed by atoms with Crippen LogP contribution in [0.25, 0.3) is 11.4 Å². The van der Waals surface area contributed by atoms with Gasteiger partial charge in [0.25, 0.3) is 0 Å². The molecule has 0 spiro atoms. The van der Waals surface area contributed by atoms with Crippen LogP contribution < -0.4 is 0 Å². The predicted molar refractivity (Wildman–Crippen MR) is 76.6 cm³/mol. The Hall–Kier alpha value is -2.27. The normalized spacial score (nSPS) is 15.7. The van der Waals surface area contributed by atoms with Gasteiger partial charge in [0.15, 0.2) is 5.60 Å². The summed E-state index contributed by atoms with van der Waals surface area (Å²) >= 11 is 0. The second-order valence-electron chi connectivity index (χ2n) is 5.36. The molecule has 0 bridgehead atoms. The highest BCUT2D eigenvalue weighted by molar-refractivity contribution is 5.80. The third kappa shape index (κ3) is 2.92. The second kappa shape index (κ2) is 5.26. The molecule has 5 nitrogen and oxygen atoms in total. The molecule has 1 aliphatic carbocycles. The zero-order valence-electron chi connectivity index (χ0n) is 11.7. The van der Waals surface area contributed by atoms with Gasteiger partial charge in [0.05, 0.1) is 18.0 Å². The van der Waals surface area contributed by atoms with Crippen molar-refractivity contribution < 1.29 is 14.6 Å². The standard InChI is InChI=1S/C16H16N2O3/c1-11-2-6-17-13(8-11)14-9-12(3-7-18-14)10-21-16(4-5-16)15(19)20/h2-3,6-9H,4-5,10H2,1H3,(H,19,20). The summed E-state index contributed by atoms with van der Waals surface area (Å²) in [5.41, 5.74) is 2.61. The minimum absolute atomic E-state index is 0.271. The molecule has 1 saturated carbocycles. The van der Waals surface area contributed by atoms with Crippen LogP contribution in [0.4, 0.5) is 0 Å². The number of carbonyl (C=O) groups is 1. The van der Waals surface area contributed by atoms with E-state index in [0.29, 0.717) is 12.8 Å². The van der Waals surface area contributed by atoms with Crippen LogP contribution in [0.3, 0.4) is 0 Å². The minimum Gasteiger partial charge on any atom is -0.479 e. The molecule has 5 heteroatoms. The summed E-state index contributed by atoms with van der Waals surface area (Å²) < 4.78 is 5.55. The monoisotopic (exact) mass is 284 g/mol. The van der Waals surface area contributed by atoms with E-state index in [2.05, 4.69) is 9.97 Å². The number of carboxylic acids is 1. The molecular weight excluding hydrogens is 268 g/mol. The Balaban J connectivity index is 1.76. The lowest BCUT2D eigenvalue weighted by molar-refractivity contribution is -0.154. The molecule has 2 aromatic heterocycles. The molecule has 0 saturated heterocycles. The topological polar surface area (TPSA) is 72.3 Å². The fraction of sp³-hybridized carbons (Fsp3) is 0.312. The van der Waals surface area contributed by atoms with Crippen molar-refractivity contribution in [3.05, 3.63) is 47.8 Å². The highest BCUT2D eigenvalue weighted by atomic mass is 16.5. The minimum atomic E-state index is -0.967. The molecule has 21 heavy (non-hydrogen) atoms. The van der Waals surface area contributed by atoms with Gasteiger partial charge in [0, 0.05) is 12.4 Å². The first-order chi connectivity index (χ1) is 10.1. The number of carboxylic acid groups (broad SMARTS) is 1. The van der Waals surface area contributed by atoms with Crippen molar-refractivity contribution in [3.8, 4) is 11.4 Å². The molecular formula is C16H16N2O3. The van der Waals surface area contributed by atoms with Crippen LogP contribution in [-0.4, -0.2) is 26.6 Å².